The van der Waals surface area contributed by atoms with Crippen molar-refractivity contribution in [2.24, 2.45) is 13.0 Å². The first-order valence-electron chi connectivity index (χ1n) is 12.1. The number of hydrogen-bond acceptors (Lipinski definition) is 6. The number of benzene rings is 2. The van der Waals surface area contributed by atoms with Crippen LogP contribution in [0.15, 0.2) is 79.4 Å². The summed E-state index contributed by atoms with van der Waals surface area (Å²) in [6, 6.07) is 17.4. The molecule has 2 N–H and O–H groups in total. The number of aryl methyl sites for hydroxylation is 1. The average Bonchev–Trinajstić information content (AvgIpc) is 3.64. The fourth-order valence-corrected chi connectivity index (χ4v) is 5.60. The van der Waals surface area contributed by atoms with Crippen molar-refractivity contribution in [3.8, 4) is 10.6 Å². The number of halogens is 1. The minimum Gasteiger partial charge on any atom is -0.352 e. The zero-order chi connectivity index (χ0) is 26.2. The Morgan fingerprint density at radius 3 is 2.68 bits per heavy atom. The highest BCUT2D eigenvalue weighted by atomic mass is 32.1. The Bertz CT molecular complexity index is 1660. The molecule has 1 atom stereocenters. The highest BCUT2D eigenvalue weighted by molar-refractivity contribution is 7.22. The summed E-state index contributed by atoms with van der Waals surface area (Å²) in [6.45, 7) is 0.462. The van der Waals surface area contributed by atoms with Gasteiger partial charge in [-0.2, -0.15) is 0 Å². The van der Waals surface area contributed by atoms with Crippen LogP contribution in [0.1, 0.15) is 6.42 Å². The molecule has 1 unspecified atom stereocenters. The van der Waals surface area contributed by atoms with E-state index in [1.807, 2.05) is 54.2 Å². The largest absolute Gasteiger partial charge is 0.352 e. The van der Waals surface area contributed by atoms with E-state index in [0.717, 1.165) is 32.2 Å². The highest BCUT2D eigenvalue weighted by Crippen LogP contribution is 2.37. The van der Waals surface area contributed by atoms with Gasteiger partial charge in [0.1, 0.15) is 11.7 Å². The molecule has 4 heterocycles. The topological polar surface area (TPSA) is 92.2 Å². The molecular weight excluding hydrogens is 503 g/mol. The second-order valence-corrected chi connectivity index (χ2v) is 10.1. The van der Waals surface area contributed by atoms with Gasteiger partial charge in [-0.15, -0.1) is 11.3 Å². The van der Waals surface area contributed by atoms with Crippen LogP contribution in [-0.2, 0) is 16.6 Å². The number of nitrogens with zero attached hydrogens (tertiary/aromatic N) is 4. The molecule has 3 aromatic heterocycles. The van der Waals surface area contributed by atoms with Crippen molar-refractivity contribution in [3.05, 3.63) is 85.2 Å². The van der Waals surface area contributed by atoms with Crippen molar-refractivity contribution in [1.29, 1.82) is 0 Å². The predicted octanol–water partition coefficient (Wildman–Crippen LogP) is 5.57. The number of thiophene rings is 1. The van der Waals surface area contributed by atoms with Crippen LogP contribution in [0.5, 0.6) is 0 Å². The van der Waals surface area contributed by atoms with Crippen molar-refractivity contribution in [3.63, 3.8) is 0 Å². The Labute approximate surface area is 221 Å². The number of carbonyl (C=O) groups excluding carboxylic acids is 2. The van der Waals surface area contributed by atoms with Gasteiger partial charge in [-0.3, -0.25) is 14.6 Å². The Morgan fingerprint density at radius 2 is 1.92 bits per heavy atom. The van der Waals surface area contributed by atoms with Gasteiger partial charge < -0.3 is 20.1 Å². The number of aromatic nitrogens is 3. The van der Waals surface area contributed by atoms with Crippen molar-refractivity contribution in [1.82, 2.24) is 14.5 Å². The smallest absolute Gasteiger partial charge is 0.239 e. The van der Waals surface area contributed by atoms with Crippen LogP contribution in [0.25, 0.3) is 20.8 Å². The summed E-state index contributed by atoms with van der Waals surface area (Å²) in [7, 11) is 1.91. The summed E-state index contributed by atoms with van der Waals surface area (Å²) in [6.07, 6.45) is 5.75. The minimum absolute atomic E-state index is 0.254. The van der Waals surface area contributed by atoms with Crippen molar-refractivity contribution in [2.75, 3.05) is 22.1 Å². The third-order valence-electron chi connectivity index (χ3n) is 6.47. The standard InChI is InChI=1S/C28H23FN6O2S/c1-34-15-24(31-16-34)25-14-23-26(38-25)22(9-11-30-23)33-21-8-7-17(13-20(21)29)32-27(36)19-10-12-35(28(19)37)18-5-3-2-4-6-18/h2-9,11,13-16,19H,10,12H2,1H3,(H,30,33)(H,32,36). The Kier molecular flexibility index (Phi) is 6.09. The summed E-state index contributed by atoms with van der Waals surface area (Å²) >= 11 is 1.52. The van der Waals surface area contributed by atoms with E-state index in [9.17, 15) is 9.59 Å². The van der Waals surface area contributed by atoms with Crippen LogP contribution < -0.4 is 15.5 Å². The van der Waals surface area contributed by atoms with Gasteiger partial charge in [0.2, 0.25) is 11.8 Å². The van der Waals surface area contributed by atoms with Crippen LogP contribution in [0.3, 0.4) is 0 Å². The Morgan fingerprint density at radius 1 is 1.08 bits per heavy atom. The first-order valence-corrected chi connectivity index (χ1v) is 12.9. The molecule has 0 saturated carbocycles. The van der Waals surface area contributed by atoms with Crippen molar-refractivity contribution >= 4 is 56.1 Å². The zero-order valence-corrected chi connectivity index (χ0v) is 21.2. The van der Waals surface area contributed by atoms with Crippen molar-refractivity contribution < 1.29 is 14.0 Å². The molecule has 190 valence electrons. The van der Waals surface area contributed by atoms with E-state index in [-0.39, 0.29) is 17.3 Å². The van der Waals surface area contributed by atoms with Crippen molar-refractivity contribution in [2.45, 2.75) is 6.42 Å². The Hall–Kier alpha value is -4.57. The number of nitrogens with one attached hydrogen (secondary N) is 2. The van der Waals surface area contributed by atoms with Gasteiger partial charge in [0, 0.05) is 37.4 Å². The number of pyridine rings is 1. The van der Waals surface area contributed by atoms with Gasteiger partial charge in [-0.25, -0.2) is 9.37 Å². The fourth-order valence-electron chi connectivity index (χ4n) is 4.56. The zero-order valence-electron chi connectivity index (χ0n) is 20.4. The molecule has 0 aliphatic carbocycles. The summed E-state index contributed by atoms with van der Waals surface area (Å²) in [4.78, 5) is 37.1. The van der Waals surface area contributed by atoms with E-state index in [4.69, 9.17) is 0 Å². The number of amides is 2. The Balaban J connectivity index is 1.17. The number of anilines is 4. The third-order valence-corrected chi connectivity index (χ3v) is 7.65. The van der Waals surface area contributed by atoms with Crippen LogP contribution in [0.2, 0.25) is 0 Å². The van der Waals surface area contributed by atoms with E-state index in [0.29, 0.717) is 13.0 Å². The molecule has 0 radical (unpaired) electrons. The minimum atomic E-state index is -0.812. The first-order chi connectivity index (χ1) is 18.5. The second-order valence-electron chi connectivity index (χ2n) is 9.08. The molecule has 38 heavy (non-hydrogen) atoms. The van der Waals surface area contributed by atoms with Gasteiger partial charge in [0.05, 0.1) is 38.5 Å². The molecule has 1 aliphatic heterocycles. The molecule has 10 heteroatoms. The maximum Gasteiger partial charge on any atom is 0.239 e. The number of rotatable bonds is 6. The molecule has 6 rings (SSSR count). The lowest BCUT2D eigenvalue weighted by Gasteiger charge is -2.16. The van der Waals surface area contributed by atoms with E-state index in [1.165, 1.54) is 17.4 Å². The molecule has 5 aromatic rings. The van der Waals surface area contributed by atoms with E-state index >= 15 is 4.39 Å². The molecule has 2 aromatic carbocycles. The first kappa shape index (κ1) is 23.8. The van der Waals surface area contributed by atoms with E-state index in [2.05, 4.69) is 20.6 Å². The molecule has 1 aliphatic rings. The maximum absolute atomic E-state index is 15.1. The van der Waals surface area contributed by atoms with Gasteiger partial charge in [0.15, 0.2) is 0 Å². The number of imidazole rings is 1. The number of carbonyl (C=O) groups is 2. The summed E-state index contributed by atoms with van der Waals surface area (Å²) < 4.78 is 17.8. The normalized spacial score (nSPS) is 15.3. The van der Waals surface area contributed by atoms with Gasteiger partial charge in [0.25, 0.3) is 0 Å². The lowest BCUT2D eigenvalue weighted by atomic mass is 10.1. The van der Waals surface area contributed by atoms with Crippen LogP contribution in [0.4, 0.5) is 27.1 Å². The van der Waals surface area contributed by atoms with Gasteiger partial charge >= 0.3 is 0 Å². The summed E-state index contributed by atoms with van der Waals surface area (Å²) in [5, 5.41) is 5.85. The average molecular weight is 527 g/mol. The molecular formula is C28H23FN6O2S. The van der Waals surface area contributed by atoms with Crippen LogP contribution in [0, 0.1) is 11.7 Å². The van der Waals surface area contributed by atoms with E-state index in [1.54, 1.807) is 35.6 Å². The third kappa shape index (κ3) is 4.50. The summed E-state index contributed by atoms with van der Waals surface area (Å²) in [5.41, 5.74) is 3.66. The highest BCUT2D eigenvalue weighted by Gasteiger charge is 2.37. The van der Waals surface area contributed by atoms with Gasteiger partial charge in [-0.1, -0.05) is 18.2 Å². The lowest BCUT2D eigenvalue weighted by molar-refractivity contribution is -0.129. The molecule has 8 nitrogen and oxygen atoms in total. The van der Waals surface area contributed by atoms with E-state index < -0.39 is 17.6 Å². The fraction of sp³-hybridized carbons (Fsp3) is 0.143. The molecule has 1 saturated heterocycles. The number of hydrogen-bond donors (Lipinski definition) is 2. The number of fused-ring (bicyclic) bond motifs is 1. The summed E-state index contributed by atoms with van der Waals surface area (Å²) in [5.74, 6) is -2.04. The predicted molar refractivity (Wildman–Crippen MR) is 147 cm³/mol. The molecule has 0 bridgehead atoms. The maximum atomic E-state index is 15.1. The molecule has 1 fully saturated rings. The second kappa shape index (κ2) is 9.71. The van der Waals surface area contributed by atoms with Crippen LogP contribution >= 0.6 is 11.3 Å². The quantitative estimate of drug-likeness (QED) is 0.282. The number of para-hydroxylation sites is 1. The molecule has 0 spiro atoms. The van der Waals surface area contributed by atoms with Gasteiger partial charge in [-0.05, 0) is 48.9 Å². The molecule has 2 amide bonds. The monoisotopic (exact) mass is 526 g/mol. The SMILES string of the molecule is Cn1cnc(-c2cc3nccc(Nc4ccc(NC(=O)C5CCN(c6ccccc6)C5=O)cc4F)c3s2)c1. The lowest BCUT2D eigenvalue weighted by Crippen LogP contribution is -2.33. The van der Waals surface area contributed by atoms with Crippen LogP contribution in [-0.4, -0.2) is 32.9 Å².